The number of hydrogen-bond donors (Lipinski definition) is 1. The molecule has 3 aliphatic rings. The van der Waals surface area contributed by atoms with Crippen LogP contribution in [0.25, 0.3) is 10.8 Å². The monoisotopic (exact) mass is 619 g/mol. The predicted octanol–water partition coefficient (Wildman–Crippen LogP) is 2.10. The van der Waals surface area contributed by atoms with E-state index >= 15 is 0 Å². The molecule has 226 valence electrons. The van der Waals surface area contributed by atoms with Gasteiger partial charge in [0, 0.05) is 51.1 Å². The first kappa shape index (κ1) is 29.9. The predicted molar refractivity (Wildman–Crippen MR) is 155 cm³/mol. The highest BCUT2D eigenvalue weighted by Gasteiger charge is 2.43. The van der Waals surface area contributed by atoms with E-state index in [1.165, 1.54) is 24.1 Å². The lowest BCUT2D eigenvalue weighted by Gasteiger charge is -2.39. The number of sulfone groups is 1. The zero-order chi connectivity index (χ0) is 30.2. The van der Waals surface area contributed by atoms with Crippen LogP contribution in [0.1, 0.15) is 12.8 Å². The number of carbonyl (C=O) groups excluding carboxylic acids is 2. The van der Waals surface area contributed by atoms with Crippen molar-refractivity contribution in [3.8, 4) is 0 Å². The van der Waals surface area contributed by atoms with Crippen LogP contribution in [0.15, 0.2) is 53.2 Å². The van der Waals surface area contributed by atoms with Gasteiger partial charge in [0.2, 0.25) is 5.91 Å². The summed E-state index contributed by atoms with van der Waals surface area (Å²) in [5.41, 5.74) is 0.660. The maximum Gasteiger partial charge on any atom is 0.408 e. The molecule has 0 spiro atoms. The average molecular weight is 620 g/mol. The van der Waals surface area contributed by atoms with Crippen molar-refractivity contribution in [1.82, 2.24) is 24.5 Å². The standard InChI is InChI=1S/C28H34ClN5O7S/c1-30-15-24-27(36)34(18-32(24)17-30)22-7-9-31(10-8-22)26(35)25(33(28(37)38)11-12-41-2)16-42(39,40)23-6-4-19-13-21(29)5-3-20(19)14-23/h3-6,13-15,22,25H,7-12,16-18H2,1-2H3,(H,37,38)/t25-/m1/s1. The van der Waals surface area contributed by atoms with E-state index in [1.807, 2.05) is 27.9 Å². The first-order chi connectivity index (χ1) is 20.0. The highest BCUT2D eigenvalue weighted by Crippen LogP contribution is 2.30. The summed E-state index contributed by atoms with van der Waals surface area (Å²) in [4.78, 5) is 47.2. The summed E-state index contributed by atoms with van der Waals surface area (Å²) < 4.78 is 32.3. The van der Waals surface area contributed by atoms with Gasteiger partial charge in [0.25, 0.3) is 5.91 Å². The number of halogens is 1. The summed E-state index contributed by atoms with van der Waals surface area (Å²) in [7, 11) is -0.777. The number of carbonyl (C=O) groups is 3. The molecular weight excluding hydrogens is 586 g/mol. The van der Waals surface area contributed by atoms with E-state index < -0.39 is 33.6 Å². The van der Waals surface area contributed by atoms with Gasteiger partial charge in [-0.2, -0.15) is 0 Å². The molecule has 0 bridgehead atoms. The number of piperidine rings is 1. The van der Waals surface area contributed by atoms with Crippen LogP contribution in [0.5, 0.6) is 0 Å². The van der Waals surface area contributed by atoms with Crippen LogP contribution in [-0.4, -0.2) is 128 Å². The van der Waals surface area contributed by atoms with E-state index in [4.69, 9.17) is 16.3 Å². The molecule has 0 aliphatic carbocycles. The molecule has 3 heterocycles. The second kappa shape index (κ2) is 12.0. The fourth-order valence-corrected chi connectivity index (χ4v) is 7.53. The molecule has 3 amide bonds. The van der Waals surface area contributed by atoms with Gasteiger partial charge in [-0.3, -0.25) is 14.5 Å². The van der Waals surface area contributed by atoms with Gasteiger partial charge in [-0.05, 0) is 47.9 Å². The lowest BCUT2D eigenvalue weighted by atomic mass is 10.0. The Morgan fingerprint density at radius 3 is 2.48 bits per heavy atom. The zero-order valence-electron chi connectivity index (χ0n) is 23.5. The van der Waals surface area contributed by atoms with E-state index in [0.717, 1.165) is 10.3 Å². The molecule has 42 heavy (non-hydrogen) atoms. The van der Waals surface area contributed by atoms with Crippen molar-refractivity contribution >= 4 is 50.1 Å². The van der Waals surface area contributed by atoms with Gasteiger partial charge in [-0.1, -0.05) is 23.7 Å². The molecule has 2 saturated heterocycles. The third-order valence-corrected chi connectivity index (χ3v) is 10.0. The topological polar surface area (TPSA) is 131 Å². The van der Waals surface area contributed by atoms with Gasteiger partial charge < -0.3 is 29.4 Å². The number of hydrogen-bond acceptors (Lipinski definition) is 8. The van der Waals surface area contributed by atoms with Crippen LogP contribution in [0.2, 0.25) is 5.02 Å². The normalized spacial score (nSPS) is 18.5. The number of fused-ring (bicyclic) bond motifs is 2. The Balaban J connectivity index is 1.34. The zero-order valence-corrected chi connectivity index (χ0v) is 25.1. The highest BCUT2D eigenvalue weighted by atomic mass is 35.5. The Morgan fingerprint density at radius 1 is 1.12 bits per heavy atom. The third kappa shape index (κ3) is 5.99. The van der Waals surface area contributed by atoms with Crippen molar-refractivity contribution in [1.29, 1.82) is 0 Å². The fourth-order valence-electron chi connectivity index (χ4n) is 5.83. The maximum atomic E-state index is 13.9. The first-order valence-corrected chi connectivity index (χ1v) is 15.7. The summed E-state index contributed by atoms with van der Waals surface area (Å²) >= 11 is 6.06. The van der Waals surface area contributed by atoms with E-state index in [-0.39, 0.29) is 43.1 Å². The highest BCUT2D eigenvalue weighted by molar-refractivity contribution is 7.91. The fraction of sp³-hybridized carbons (Fsp3) is 0.464. The van der Waals surface area contributed by atoms with Crippen LogP contribution < -0.4 is 0 Å². The average Bonchev–Trinajstić information content (AvgIpc) is 3.47. The van der Waals surface area contributed by atoms with Crippen molar-refractivity contribution < 1.29 is 32.6 Å². The molecule has 2 aromatic rings. The molecule has 1 N–H and O–H groups in total. The Hall–Kier alpha value is -3.55. The first-order valence-electron chi connectivity index (χ1n) is 13.7. The number of nitrogens with zero attached hydrogens (tertiary/aromatic N) is 5. The van der Waals surface area contributed by atoms with Crippen molar-refractivity contribution in [2.24, 2.45) is 0 Å². The minimum atomic E-state index is -4.09. The summed E-state index contributed by atoms with van der Waals surface area (Å²) in [5, 5.41) is 11.9. The number of amides is 3. The van der Waals surface area contributed by atoms with Gasteiger partial charge in [0.15, 0.2) is 9.84 Å². The van der Waals surface area contributed by atoms with Crippen molar-refractivity contribution in [3.05, 3.63) is 53.3 Å². The molecular formula is C28H34ClN5O7S. The Kier molecular flexibility index (Phi) is 8.53. The van der Waals surface area contributed by atoms with Gasteiger partial charge in [0.1, 0.15) is 11.7 Å². The molecule has 2 fully saturated rings. The maximum absolute atomic E-state index is 13.9. The van der Waals surface area contributed by atoms with Crippen molar-refractivity contribution in [3.63, 3.8) is 0 Å². The minimum Gasteiger partial charge on any atom is -0.465 e. The van der Waals surface area contributed by atoms with Gasteiger partial charge in [-0.25, -0.2) is 13.2 Å². The smallest absolute Gasteiger partial charge is 0.408 e. The van der Waals surface area contributed by atoms with E-state index in [9.17, 15) is 27.9 Å². The molecule has 1 atom stereocenters. The number of ether oxygens (including phenoxy) is 1. The molecule has 5 rings (SSSR count). The van der Waals surface area contributed by atoms with E-state index in [2.05, 4.69) is 0 Å². The SMILES string of the molecule is COCCN(C(=O)O)[C@H](CS(=O)(=O)c1ccc2cc(Cl)ccc2c1)C(=O)N1CCC(N2CN3CN(C)C=C3C2=O)CC1. The van der Waals surface area contributed by atoms with Gasteiger partial charge >= 0.3 is 6.09 Å². The summed E-state index contributed by atoms with van der Waals surface area (Å²) in [6, 6.07) is 8.10. The third-order valence-electron chi connectivity index (χ3n) is 8.05. The number of likely N-dealkylation sites (tertiary alicyclic amines) is 1. The van der Waals surface area contributed by atoms with Crippen LogP contribution >= 0.6 is 11.6 Å². The number of carboxylic acid groups (broad SMARTS) is 1. The second-order valence-corrected chi connectivity index (χ2v) is 13.3. The van der Waals surface area contributed by atoms with Crippen molar-refractivity contribution in [2.75, 3.05) is 59.5 Å². The van der Waals surface area contributed by atoms with E-state index in [1.54, 1.807) is 24.3 Å². The Bertz CT molecular complexity index is 1530. The number of benzene rings is 2. The Labute approximate surface area is 249 Å². The van der Waals surface area contributed by atoms with Crippen LogP contribution in [0.4, 0.5) is 4.79 Å². The minimum absolute atomic E-state index is 0.00640. The molecule has 12 nitrogen and oxygen atoms in total. The summed E-state index contributed by atoms with van der Waals surface area (Å²) in [5.74, 6) is -1.34. The van der Waals surface area contributed by atoms with Crippen LogP contribution in [0, 0.1) is 0 Å². The van der Waals surface area contributed by atoms with Crippen LogP contribution in [0.3, 0.4) is 0 Å². The lowest BCUT2D eigenvalue weighted by Crippen LogP contribution is -2.57. The molecule has 3 aliphatic heterocycles. The van der Waals surface area contributed by atoms with Crippen LogP contribution in [-0.2, 0) is 24.2 Å². The van der Waals surface area contributed by atoms with Gasteiger partial charge in [0.05, 0.1) is 30.6 Å². The quantitative estimate of drug-likeness (QED) is 0.448. The molecule has 0 aromatic heterocycles. The summed E-state index contributed by atoms with van der Waals surface area (Å²) in [6.07, 6.45) is 1.43. The molecule has 2 aromatic carbocycles. The summed E-state index contributed by atoms with van der Waals surface area (Å²) in [6.45, 7) is 1.49. The van der Waals surface area contributed by atoms with Crippen molar-refractivity contribution in [2.45, 2.75) is 29.8 Å². The Morgan fingerprint density at radius 2 is 1.81 bits per heavy atom. The van der Waals surface area contributed by atoms with Gasteiger partial charge in [-0.15, -0.1) is 0 Å². The second-order valence-electron chi connectivity index (χ2n) is 10.8. The molecule has 0 radical (unpaired) electrons. The lowest BCUT2D eigenvalue weighted by molar-refractivity contribution is -0.138. The number of rotatable bonds is 9. The molecule has 0 saturated carbocycles. The number of methoxy groups -OCH3 is 1. The molecule has 14 heteroatoms. The van der Waals surface area contributed by atoms with E-state index in [0.29, 0.717) is 42.3 Å². The largest absolute Gasteiger partial charge is 0.465 e. The molecule has 0 unspecified atom stereocenters.